The molecule has 17 heavy (non-hydrogen) atoms. The van der Waals surface area contributed by atoms with Crippen molar-refractivity contribution >= 4 is 5.97 Å². The third-order valence-electron chi connectivity index (χ3n) is 1.88. The second-order valence-corrected chi connectivity index (χ2v) is 2.99. The Morgan fingerprint density at radius 2 is 1.71 bits per heavy atom. The van der Waals surface area contributed by atoms with E-state index in [1.165, 1.54) is 0 Å². The van der Waals surface area contributed by atoms with E-state index in [2.05, 4.69) is 0 Å². The van der Waals surface area contributed by atoms with Crippen molar-refractivity contribution in [3.05, 3.63) is 28.8 Å². The number of rotatable bonds is 1. The summed E-state index contributed by atoms with van der Waals surface area (Å²) in [6.45, 7) is 5.13. The van der Waals surface area contributed by atoms with Crippen LogP contribution in [0.3, 0.4) is 0 Å². The van der Waals surface area contributed by atoms with Gasteiger partial charge in [-0.25, -0.2) is 4.79 Å². The number of alkyl halides is 3. The molecule has 1 aromatic rings. The molecule has 0 radical (unpaired) electrons. The van der Waals surface area contributed by atoms with Gasteiger partial charge in [-0.05, 0) is 24.6 Å². The van der Waals surface area contributed by atoms with Crippen LogP contribution in [0.2, 0.25) is 0 Å². The van der Waals surface area contributed by atoms with E-state index in [-0.39, 0.29) is 5.56 Å². The van der Waals surface area contributed by atoms with Crippen LogP contribution in [-0.2, 0) is 6.18 Å². The van der Waals surface area contributed by atoms with Crippen molar-refractivity contribution in [2.75, 3.05) is 0 Å². The van der Waals surface area contributed by atoms with Crippen LogP contribution < -0.4 is 0 Å². The standard InChI is InChI=1S/C9H7F3O3.C2H6/c1-4-2-5(8(14)15)7(13)3-6(4)9(10,11)12;1-2/h2-3,13H,1H3,(H,14,15);1-2H3. The predicted molar refractivity (Wildman–Crippen MR) is 56.2 cm³/mol. The maximum Gasteiger partial charge on any atom is 0.416 e. The van der Waals surface area contributed by atoms with Crippen molar-refractivity contribution < 1.29 is 28.2 Å². The first kappa shape index (κ1) is 15.3. The van der Waals surface area contributed by atoms with Gasteiger partial charge in [0.15, 0.2) is 0 Å². The quantitative estimate of drug-likeness (QED) is 0.802. The molecule has 0 spiro atoms. The molecule has 0 saturated heterocycles. The molecule has 0 amide bonds. The van der Waals surface area contributed by atoms with Crippen molar-refractivity contribution in [1.29, 1.82) is 0 Å². The Morgan fingerprint density at radius 3 is 2.06 bits per heavy atom. The summed E-state index contributed by atoms with van der Waals surface area (Å²) in [5, 5.41) is 17.6. The number of carbonyl (C=O) groups is 1. The van der Waals surface area contributed by atoms with Gasteiger partial charge in [0, 0.05) is 0 Å². The molecule has 1 aromatic carbocycles. The van der Waals surface area contributed by atoms with Crippen molar-refractivity contribution in [3.8, 4) is 5.75 Å². The number of carboxylic acids is 1. The first-order valence-corrected chi connectivity index (χ1v) is 4.87. The van der Waals surface area contributed by atoms with Crippen LogP contribution in [0.1, 0.15) is 35.3 Å². The second-order valence-electron chi connectivity index (χ2n) is 2.99. The highest BCUT2D eigenvalue weighted by Crippen LogP contribution is 2.35. The summed E-state index contributed by atoms with van der Waals surface area (Å²) < 4.78 is 36.9. The lowest BCUT2D eigenvalue weighted by Gasteiger charge is -2.11. The van der Waals surface area contributed by atoms with Gasteiger partial charge in [-0.2, -0.15) is 13.2 Å². The molecule has 0 saturated carbocycles. The topological polar surface area (TPSA) is 57.5 Å². The minimum atomic E-state index is -4.60. The zero-order valence-corrected chi connectivity index (χ0v) is 9.59. The number of phenols is 1. The van der Waals surface area contributed by atoms with E-state index in [9.17, 15) is 18.0 Å². The van der Waals surface area contributed by atoms with E-state index in [4.69, 9.17) is 10.2 Å². The predicted octanol–water partition coefficient (Wildman–Crippen LogP) is 3.44. The molecule has 1 rings (SSSR count). The van der Waals surface area contributed by atoms with Gasteiger partial charge in [0.25, 0.3) is 0 Å². The largest absolute Gasteiger partial charge is 0.507 e. The summed E-state index contributed by atoms with van der Waals surface area (Å²) >= 11 is 0. The Hall–Kier alpha value is -1.72. The van der Waals surface area contributed by atoms with Crippen LogP contribution >= 0.6 is 0 Å². The summed E-state index contributed by atoms with van der Waals surface area (Å²) in [4.78, 5) is 10.5. The van der Waals surface area contributed by atoms with Crippen LogP contribution in [0.25, 0.3) is 0 Å². The monoisotopic (exact) mass is 250 g/mol. The zero-order chi connectivity index (χ0) is 13.8. The zero-order valence-electron chi connectivity index (χ0n) is 9.59. The van der Waals surface area contributed by atoms with Crippen LogP contribution in [0.5, 0.6) is 5.75 Å². The highest BCUT2D eigenvalue weighted by atomic mass is 19.4. The average Bonchev–Trinajstić information content (AvgIpc) is 2.22. The normalized spacial score (nSPS) is 10.5. The van der Waals surface area contributed by atoms with Gasteiger partial charge in [0.2, 0.25) is 0 Å². The minimum absolute atomic E-state index is 0.238. The fourth-order valence-corrected chi connectivity index (χ4v) is 1.17. The third-order valence-corrected chi connectivity index (χ3v) is 1.88. The Bertz CT molecular complexity index is 411. The Labute approximate surface area is 96.5 Å². The number of carboxylic acid groups (broad SMARTS) is 1. The maximum absolute atomic E-state index is 12.3. The molecular weight excluding hydrogens is 237 g/mol. The third kappa shape index (κ3) is 3.65. The van der Waals surface area contributed by atoms with Crippen molar-refractivity contribution in [2.45, 2.75) is 26.9 Å². The van der Waals surface area contributed by atoms with E-state index >= 15 is 0 Å². The maximum atomic E-state index is 12.3. The molecule has 0 unspecified atom stereocenters. The fourth-order valence-electron chi connectivity index (χ4n) is 1.17. The lowest BCUT2D eigenvalue weighted by molar-refractivity contribution is -0.138. The summed E-state index contributed by atoms with van der Waals surface area (Å²) in [5.74, 6) is -2.36. The number of aryl methyl sites for hydroxylation is 1. The Morgan fingerprint density at radius 1 is 1.24 bits per heavy atom. The van der Waals surface area contributed by atoms with Gasteiger partial charge in [-0.1, -0.05) is 13.8 Å². The molecule has 0 bridgehead atoms. The van der Waals surface area contributed by atoms with Crippen molar-refractivity contribution in [1.82, 2.24) is 0 Å². The molecule has 0 fully saturated rings. The number of hydrogen-bond acceptors (Lipinski definition) is 2. The van der Waals surface area contributed by atoms with Gasteiger partial charge >= 0.3 is 12.1 Å². The molecule has 3 nitrogen and oxygen atoms in total. The van der Waals surface area contributed by atoms with Crippen LogP contribution in [0.15, 0.2) is 12.1 Å². The van der Waals surface area contributed by atoms with E-state index in [0.29, 0.717) is 6.07 Å². The lowest BCUT2D eigenvalue weighted by atomic mass is 10.0. The van der Waals surface area contributed by atoms with E-state index in [1.54, 1.807) is 0 Å². The van der Waals surface area contributed by atoms with Crippen molar-refractivity contribution in [3.63, 3.8) is 0 Å². The second kappa shape index (κ2) is 5.56. The first-order chi connectivity index (χ1) is 7.73. The van der Waals surface area contributed by atoms with Gasteiger partial charge in [-0.15, -0.1) is 0 Å². The number of halogens is 3. The van der Waals surface area contributed by atoms with E-state index in [1.807, 2.05) is 13.8 Å². The number of hydrogen-bond donors (Lipinski definition) is 2. The molecule has 2 N–H and O–H groups in total. The molecule has 6 heteroatoms. The number of aromatic carboxylic acids is 1. The van der Waals surface area contributed by atoms with Gasteiger partial charge in [-0.3, -0.25) is 0 Å². The lowest BCUT2D eigenvalue weighted by Crippen LogP contribution is -2.09. The molecule has 0 aliphatic carbocycles. The molecule has 0 aliphatic rings. The minimum Gasteiger partial charge on any atom is -0.507 e. The summed E-state index contributed by atoms with van der Waals surface area (Å²) in [7, 11) is 0. The molecule has 96 valence electrons. The van der Waals surface area contributed by atoms with Crippen molar-refractivity contribution in [2.24, 2.45) is 0 Å². The fraction of sp³-hybridized carbons (Fsp3) is 0.364. The van der Waals surface area contributed by atoms with Crippen LogP contribution in [0, 0.1) is 6.92 Å². The van der Waals surface area contributed by atoms with Crippen LogP contribution in [-0.4, -0.2) is 16.2 Å². The summed E-state index contributed by atoms with van der Waals surface area (Å²) in [5.41, 5.74) is -1.82. The van der Waals surface area contributed by atoms with Gasteiger partial charge < -0.3 is 10.2 Å². The molecule has 0 heterocycles. The number of aromatic hydroxyl groups is 1. The highest BCUT2D eigenvalue weighted by molar-refractivity contribution is 5.91. The Balaban J connectivity index is 0.00000121. The summed E-state index contributed by atoms with van der Waals surface area (Å²) in [6.07, 6.45) is -4.60. The number of benzene rings is 1. The molecule has 0 aromatic heterocycles. The van der Waals surface area contributed by atoms with E-state index in [0.717, 1.165) is 13.0 Å². The van der Waals surface area contributed by atoms with Gasteiger partial charge in [0.05, 0.1) is 5.56 Å². The Kier molecular flexibility index (Phi) is 5.00. The highest BCUT2D eigenvalue weighted by Gasteiger charge is 2.33. The molecule has 0 atom stereocenters. The van der Waals surface area contributed by atoms with Gasteiger partial charge in [0.1, 0.15) is 11.3 Å². The SMILES string of the molecule is CC.Cc1cc(C(=O)O)c(O)cc1C(F)(F)F. The van der Waals surface area contributed by atoms with E-state index < -0.39 is 29.0 Å². The summed E-state index contributed by atoms with van der Waals surface area (Å²) in [6, 6.07) is 1.21. The first-order valence-electron chi connectivity index (χ1n) is 4.87. The molecular formula is C11H13F3O3. The average molecular weight is 250 g/mol. The van der Waals surface area contributed by atoms with Crippen LogP contribution in [0.4, 0.5) is 13.2 Å². The molecule has 0 aliphatic heterocycles. The smallest absolute Gasteiger partial charge is 0.416 e.